The summed E-state index contributed by atoms with van der Waals surface area (Å²) in [4.78, 5) is 0. The molecule has 0 aromatic rings. The number of aliphatic hydroxyl groups is 2. The molecular formula is C11H24O3. The lowest BCUT2D eigenvalue weighted by molar-refractivity contribution is -0.0392. The van der Waals surface area contributed by atoms with Gasteiger partial charge in [0.15, 0.2) is 0 Å². The predicted molar refractivity (Wildman–Crippen MR) is 57.3 cm³/mol. The summed E-state index contributed by atoms with van der Waals surface area (Å²) in [5, 5.41) is 18.6. The van der Waals surface area contributed by atoms with Gasteiger partial charge in [-0.2, -0.15) is 0 Å². The van der Waals surface area contributed by atoms with Crippen molar-refractivity contribution >= 4 is 0 Å². The summed E-state index contributed by atoms with van der Waals surface area (Å²) >= 11 is 0. The van der Waals surface area contributed by atoms with Crippen LogP contribution >= 0.6 is 0 Å². The van der Waals surface area contributed by atoms with E-state index in [4.69, 9.17) is 4.74 Å². The number of hydrogen-bond acceptors (Lipinski definition) is 3. The van der Waals surface area contributed by atoms with Crippen LogP contribution < -0.4 is 0 Å². The highest BCUT2D eigenvalue weighted by molar-refractivity contribution is 4.63. The molecule has 0 fully saturated rings. The maximum Gasteiger partial charge on any atom is 0.103 e. The quantitative estimate of drug-likeness (QED) is 0.562. The highest BCUT2D eigenvalue weighted by Crippen LogP contribution is 2.01. The van der Waals surface area contributed by atoms with Crippen LogP contribution in [0.4, 0.5) is 0 Å². The van der Waals surface area contributed by atoms with E-state index in [1.54, 1.807) is 0 Å². The summed E-state index contributed by atoms with van der Waals surface area (Å²) in [6.07, 6.45) is 3.88. The fraction of sp³-hybridized carbons (Fsp3) is 1.00. The Morgan fingerprint density at radius 1 is 1.00 bits per heavy atom. The van der Waals surface area contributed by atoms with Crippen molar-refractivity contribution in [2.75, 3.05) is 13.2 Å². The van der Waals surface area contributed by atoms with Gasteiger partial charge in [0, 0.05) is 6.61 Å². The fourth-order valence-corrected chi connectivity index (χ4v) is 1.22. The molecule has 0 aliphatic rings. The van der Waals surface area contributed by atoms with Crippen molar-refractivity contribution in [3.05, 3.63) is 0 Å². The third-order valence-electron chi connectivity index (χ3n) is 2.29. The van der Waals surface area contributed by atoms with Gasteiger partial charge in [0.05, 0.1) is 12.7 Å². The molecule has 0 aliphatic carbocycles. The number of hydrogen-bond donors (Lipinski definition) is 2. The van der Waals surface area contributed by atoms with Gasteiger partial charge in [0.25, 0.3) is 0 Å². The molecule has 0 bridgehead atoms. The average molecular weight is 204 g/mol. The molecule has 0 saturated heterocycles. The van der Waals surface area contributed by atoms with Gasteiger partial charge in [0.2, 0.25) is 0 Å². The Balaban J connectivity index is 3.18. The maximum atomic E-state index is 9.35. The lowest BCUT2D eigenvalue weighted by Crippen LogP contribution is -2.29. The third-order valence-corrected chi connectivity index (χ3v) is 2.29. The summed E-state index contributed by atoms with van der Waals surface area (Å²) in [6, 6.07) is 0. The summed E-state index contributed by atoms with van der Waals surface area (Å²) in [6.45, 7) is 4.95. The molecular weight excluding hydrogens is 180 g/mol. The number of ether oxygens (including phenoxy) is 1. The molecule has 2 atom stereocenters. The Morgan fingerprint density at radius 3 is 2.29 bits per heavy atom. The molecule has 0 rings (SSSR count). The molecule has 3 heteroatoms. The molecule has 0 amide bonds. The lowest BCUT2D eigenvalue weighted by Gasteiger charge is -2.15. The standard InChI is InChI=1S/C11H24O3/c1-3-5-6-7-8-14-9-11(13)10(12)4-2/h10-13H,3-9H2,1-2H3. The lowest BCUT2D eigenvalue weighted by atomic mass is 10.2. The normalized spacial score (nSPS) is 15.4. The number of unbranched alkanes of at least 4 members (excludes halogenated alkanes) is 3. The van der Waals surface area contributed by atoms with Gasteiger partial charge in [-0.3, -0.25) is 0 Å². The molecule has 0 saturated carbocycles. The summed E-state index contributed by atoms with van der Waals surface area (Å²) in [5.74, 6) is 0. The zero-order chi connectivity index (χ0) is 10.8. The molecule has 0 aliphatic heterocycles. The number of rotatable bonds is 9. The summed E-state index contributed by atoms with van der Waals surface area (Å²) in [7, 11) is 0. The largest absolute Gasteiger partial charge is 0.390 e. The van der Waals surface area contributed by atoms with Crippen LogP contribution in [-0.4, -0.2) is 35.6 Å². The molecule has 14 heavy (non-hydrogen) atoms. The van der Waals surface area contributed by atoms with Gasteiger partial charge in [0.1, 0.15) is 6.10 Å². The van der Waals surface area contributed by atoms with E-state index in [1.807, 2.05) is 6.92 Å². The molecule has 0 aromatic heterocycles. The summed E-state index contributed by atoms with van der Waals surface area (Å²) in [5.41, 5.74) is 0. The molecule has 2 unspecified atom stereocenters. The highest BCUT2D eigenvalue weighted by atomic mass is 16.5. The minimum atomic E-state index is -0.730. The topological polar surface area (TPSA) is 49.7 Å². The Bertz CT molecular complexity index is 117. The van der Waals surface area contributed by atoms with Crippen molar-refractivity contribution in [3.8, 4) is 0 Å². The maximum absolute atomic E-state index is 9.35. The van der Waals surface area contributed by atoms with Crippen LogP contribution in [0.5, 0.6) is 0 Å². The second-order valence-electron chi connectivity index (χ2n) is 3.68. The van der Waals surface area contributed by atoms with Crippen LogP contribution in [0.2, 0.25) is 0 Å². The van der Waals surface area contributed by atoms with Gasteiger partial charge < -0.3 is 14.9 Å². The van der Waals surface area contributed by atoms with E-state index in [0.717, 1.165) is 6.42 Å². The minimum absolute atomic E-state index is 0.251. The Hall–Kier alpha value is -0.120. The second kappa shape index (κ2) is 9.44. The third kappa shape index (κ3) is 7.30. The van der Waals surface area contributed by atoms with E-state index in [2.05, 4.69) is 6.92 Å². The van der Waals surface area contributed by atoms with E-state index in [-0.39, 0.29) is 6.61 Å². The van der Waals surface area contributed by atoms with Gasteiger partial charge in [-0.25, -0.2) is 0 Å². The zero-order valence-corrected chi connectivity index (χ0v) is 9.41. The molecule has 2 N–H and O–H groups in total. The first kappa shape index (κ1) is 13.9. The van der Waals surface area contributed by atoms with Gasteiger partial charge in [-0.1, -0.05) is 33.1 Å². The van der Waals surface area contributed by atoms with E-state index < -0.39 is 12.2 Å². The van der Waals surface area contributed by atoms with Crippen LogP contribution in [0.1, 0.15) is 46.0 Å². The van der Waals surface area contributed by atoms with Crippen LogP contribution in [0.15, 0.2) is 0 Å². The molecule has 0 aromatic carbocycles. The highest BCUT2D eigenvalue weighted by Gasteiger charge is 2.13. The van der Waals surface area contributed by atoms with Crippen LogP contribution in [-0.2, 0) is 4.74 Å². The first-order chi connectivity index (χ1) is 6.72. The summed E-state index contributed by atoms with van der Waals surface area (Å²) < 4.78 is 5.25. The van der Waals surface area contributed by atoms with Crippen molar-refractivity contribution in [1.29, 1.82) is 0 Å². The Kier molecular flexibility index (Phi) is 9.35. The van der Waals surface area contributed by atoms with Crippen molar-refractivity contribution in [1.82, 2.24) is 0 Å². The van der Waals surface area contributed by atoms with Gasteiger partial charge in [-0.15, -0.1) is 0 Å². The van der Waals surface area contributed by atoms with E-state index in [9.17, 15) is 10.2 Å². The monoisotopic (exact) mass is 204 g/mol. The van der Waals surface area contributed by atoms with Crippen molar-refractivity contribution in [2.24, 2.45) is 0 Å². The van der Waals surface area contributed by atoms with Gasteiger partial charge in [-0.05, 0) is 12.8 Å². The molecule has 86 valence electrons. The Labute approximate surface area is 87.1 Å². The minimum Gasteiger partial charge on any atom is -0.390 e. The smallest absolute Gasteiger partial charge is 0.103 e. The van der Waals surface area contributed by atoms with Crippen LogP contribution in [0.3, 0.4) is 0 Å². The zero-order valence-electron chi connectivity index (χ0n) is 9.41. The SMILES string of the molecule is CCCCCCOCC(O)C(O)CC. The van der Waals surface area contributed by atoms with Crippen molar-refractivity contribution in [3.63, 3.8) is 0 Å². The van der Waals surface area contributed by atoms with Crippen molar-refractivity contribution in [2.45, 2.75) is 58.2 Å². The van der Waals surface area contributed by atoms with E-state index in [1.165, 1.54) is 19.3 Å². The average Bonchev–Trinajstić information content (AvgIpc) is 2.21. The van der Waals surface area contributed by atoms with E-state index >= 15 is 0 Å². The Morgan fingerprint density at radius 2 is 1.71 bits per heavy atom. The second-order valence-corrected chi connectivity index (χ2v) is 3.68. The molecule has 3 nitrogen and oxygen atoms in total. The van der Waals surface area contributed by atoms with Crippen molar-refractivity contribution < 1.29 is 14.9 Å². The molecule has 0 radical (unpaired) electrons. The fourth-order valence-electron chi connectivity index (χ4n) is 1.22. The predicted octanol–water partition coefficient (Wildman–Crippen LogP) is 1.72. The molecule has 0 spiro atoms. The van der Waals surface area contributed by atoms with Crippen LogP contribution in [0.25, 0.3) is 0 Å². The van der Waals surface area contributed by atoms with Gasteiger partial charge >= 0.3 is 0 Å². The first-order valence-corrected chi connectivity index (χ1v) is 5.66. The first-order valence-electron chi connectivity index (χ1n) is 5.66. The molecule has 0 heterocycles. The number of aliphatic hydroxyl groups excluding tert-OH is 2. The van der Waals surface area contributed by atoms with Crippen LogP contribution in [0, 0.1) is 0 Å². The van der Waals surface area contributed by atoms with E-state index in [0.29, 0.717) is 13.0 Å².